The molecular formula is C23H31N3O2. The first-order chi connectivity index (χ1) is 13.5. The van der Waals surface area contributed by atoms with E-state index >= 15 is 0 Å². The minimum Gasteiger partial charge on any atom is -0.376 e. The molecular weight excluding hydrogens is 350 g/mol. The van der Waals surface area contributed by atoms with Gasteiger partial charge in [-0.2, -0.15) is 0 Å². The predicted molar refractivity (Wildman–Crippen MR) is 117 cm³/mol. The Hall–Kier alpha value is -2.82. The number of hydrogen-bond acceptors (Lipinski definition) is 3. The fourth-order valence-corrected chi connectivity index (χ4v) is 2.96. The number of rotatable bonds is 10. The van der Waals surface area contributed by atoms with Crippen LogP contribution in [0.25, 0.3) is 0 Å². The Morgan fingerprint density at radius 2 is 1.64 bits per heavy atom. The fourth-order valence-electron chi connectivity index (χ4n) is 2.96. The minimum absolute atomic E-state index is 0.0219. The molecule has 5 nitrogen and oxygen atoms in total. The van der Waals surface area contributed by atoms with Crippen molar-refractivity contribution in [1.29, 1.82) is 0 Å². The van der Waals surface area contributed by atoms with Crippen LogP contribution in [-0.2, 0) is 9.59 Å². The van der Waals surface area contributed by atoms with E-state index in [1.54, 1.807) is 0 Å². The zero-order valence-electron chi connectivity index (χ0n) is 17.0. The largest absolute Gasteiger partial charge is 0.376 e. The highest BCUT2D eigenvalue weighted by atomic mass is 16.2. The third-order valence-electron chi connectivity index (χ3n) is 4.46. The van der Waals surface area contributed by atoms with Crippen molar-refractivity contribution >= 4 is 28.9 Å². The van der Waals surface area contributed by atoms with E-state index in [0.29, 0.717) is 12.3 Å². The van der Waals surface area contributed by atoms with Crippen LogP contribution in [0.2, 0.25) is 0 Å². The summed E-state index contributed by atoms with van der Waals surface area (Å²) < 4.78 is 0. The highest BCUT2D eigenvalue weighted by molar-refractivity contribution is 5.95. The van der Waals surface area contributed by atoms with Gasteiger partial charge in [-0.05, 0) is 42.2 Å². The highest BCUT2D eigenvalue weighted by Gasteiger charge is 2.09. The van der Waals surface area contributed by atoms with Crippen LogP contribution in [0.4, 0.5) is 17.1 Å². The van der Waals surface area contributed by atoms with Crippen LogP contribution in [-0.4, -0.2) is 18.4 Å². The Morgan fingerprint density at radius 3 is 2.39 bits per heavy atom. The predicted octanol–water partition coefficient (Wildman–Crippen LogP) is 5.38. The molecule has 0 radical (unpaired) electrons. The van der Waals surface area contributed by atoms with Gasteiger partial charge in [0, 0.05) is 23.5 Å². The lowest BCUT2D eigenvalue weighted by Gasteiger charge is -2.14. The quantitative estimate of drug-likeness (QED) is 0.484. The van der Waals surface area contributed by atoms with Crippen LogP contribution in [0.3, 0.4) is 0 Å². The lowest BCUT2D eigenvalue weighted by molar-refractivity contribution is -0.116. The van der Waals surface area contributed by atoms with E-state index in [1.165, 1.54) is 0 Å². The van der Waals surface area contributed by atoms with E-state index in [2.05, 4.69) is 36.7 Å². The standard InChI is InChI=1S/C23H31N3O2/c1-4-5-6-14-22(27)25-19-11-9-10-18(15-19)24-16-23(28)26-21-13-8-7-12-20(21)17(2)3/h7-13,15,17,24H,4-6,14,16H2,1-3H3,(H,25,27)(H,26,28). The fraction of sp³-hybridized carbons (Fsp3) is 0.391. The van der Waals surface area contributed by atoms with Gasteiger partial charge in [-0.15, -0.1) is 0 Å². The number of amides is 2. The summed E-state index contributed by atoms with van der Waals surface area (Å²) in [6.45, 7) is 6.47. The molecule has 0 heterocycles. The van der Waals surface area contributed by atoms with Gasteiger partial charge in [0.1, 0.15) is 0 Å². The van der Waals surface area contributed by atoms with Gasteiger partial charge in [0.25, 0.3) is 0 Å². The summed E-state index contributed by atoms with van der Waals surface area (Å²) in [6.07, 6.45) is 3.59. The van der Waals surface area contributed by atoms with Gasteiger partial charge in [0.2, 0.25) is 11.8 Å². The summed E-state index contributed by atoms with van der Waals surface area (Å²) >= 11 is 0. The normalized spacial score (nSPS) is 10.6. The molecule has 2 aromatic carbocycles. The molecule has 0 aliphatic carbocycles. The summed E-state index contributed by atoms with van der Waals surface area (Å²) in [5.74, 6) is 0.248. The van der Waals surface area contributed by atoms with Crippen molar-refractivity contribution in [1.82, 2.24) is 0 Å². The molecule has 2 aromatic rings. The van der Waals surface area contributed by atoms with Crippen LogP contribution in [0.5, 0.6) is 0 Å². The van der Waals surface area contributed by atoms with Gasteiger partial charge in [-0.25, -0.2) is 0 Å². The van der Waals surface area contributed by atoms with Gasteiger partial charge >= 0.3 is 0 Å². The van der Waals surface area contributed by atoms with Crippen molar-refractivity contribution in [2.45, 2.75) is 52.4 Å². The van der Waals surface area contributed by atoms with Crippen molar-refractivity contribution in [3.05, 3.63) is 54.1 Å². The van der Waals surface area contributed by atoms with Crippen LogP contribution >= 0.6 is 0 Å². The average Bonchev–Trinajstić information content (AvgIpc) is 2.67. The number of benzene rings is 2. The van der Waals surface area contributed by atoms with E-state index < -0.39 is 0 Å². The first kappa shape index (κ1) is 21.5. The molecule has 2 rings (SSSR count). The topological polar surface area (TPSA) is 70.2 Å². The van der Waals surface area contributed by atoms with Crippen molar-refractivity contribution < 1.29 is 9.59 Å². The zero-order valence-corrected chi connectivity index (χ0v) is 17.0. The van der Waals surface area contributed by atoms with Crippen molar-refractivity contribution in [3.63, 3.8) is 0 Å². The summed E-state index contributed by atoms with van der Waals surface area (Å²) in [4.78, 5) is 24.3. The molecule has 3 N–H and O–H groups in total. The second-order valence-electron chi connectivity index (χ2n) is 7.23. The highest BCUT2D eigenvalue weighted by Crippen LogP contribution is 2.23. The third kappa shape index (κ3) is 7.06. The second kappa shape index (κ2) is 11.1. The number of anilines is 3. The lowest BCUT2D eigenvalue weighted by Crippen LogP contribution is -2.22. The van der Waals surface area contributed by atoms with E-state index in [9.17, 15) is 9.59 Å². The third-order valence-corrected chi connectivity index (χ3v) is 4.46. The Kier molecular flexibility index (Phi) is 8.53. The van der Waals surface area contributed by atoms with E-state index in [-0.39, 0.29) is 18.4 Å². The van der Waals surface area contributed by atoms with Crippen molar-refractivity contribution in [3.8, 4) is 0 Å². The van der Waals surface area contributed by atoms with Gasteiger partial charge in [0.05, 0.1) is 6.54 Å². The van der Waals surface area contributed by atoms with Crippen LogP contribution in [0, 0.1) is 0 Å². The molecule has 0 aliphatic rings. The zero-order chi connectivity index (χ0) is 20.4. The second-order valence-corrected chi connectivity index (χ2v) is 7.23. The molecule has 0 bridgehead atoms. The summed E-state index contributed by atoms with van der Waals surface area (Å²) in [5.41, 5.74) is 3.48. The van der Waals surface area contributed by atoms with Gasteiger partial charge in [-0.1, -0.05) is 57.9 Å². The molecule has 28 heavy (non-hydrogen) atoms. The van der Waals surface area contributed by atoms with Gasteiger partial charge in [-0.3, -0.25) is 9.59 Å². The Balaban J connectivity index is 1.87. The first-order valence-electron chi connectivity index (χ1n) is 10.0. The van der Waals surface area contributed by atoms with Crippen molar-refractivity contribution in [2.75, 3.05) is 22.5 Å². The Bertz CT molecular complexity index is 787. The number of carbonyl (C=O) groups is 2. The number of carbonyl (C=O) groups excluding carboxylic acids is 2. The molecule has 0 saturated heterocycles. The van der Waals surface area contributed by atoms with Crippen molar-refractivity contribution in [2.24, 2.45) is 0 Å². The van der Waals surface area contributed by atoms with E-state index in [4.69, 9.17) is 0 Å². The Morgan fingerprint density at radius 1 is 0.893 bits per heavy atom. The Labute approximate surface area is 167 Å². The molecule has 0 saturated carbocycles. The maximum Gasteiger partial charge on any atom is 0.243 e. The first-order valence-corrected chi connectivity index (χ1v) is 10.0. The molecule has 2 amide bonds. The molecule has 0 unspecified atom stereocenters. The summed E-state index contributed by atoms with van der Waals surface area (Å²) in [6, 6.07) is 15.3. The average molecular weight is 382 g/mol. The molecule has 0 aliphatic heterocycles. The molecule has 0 aromatic heterocycles. The maximum absolute atomic E-state index is 12.3. The number of hydrogen-bond donors (Lipinski definition) is 3. The molecule has 0 atom stereocenters. The van der Waals surface area contributed by atoms with Crippen LogP contribution in [0.1, 0.15) is 57.9 Å². The van der Waals surface area contributed by atoms with Crippen LogP contribution in [0.15, 0.2) is 48.5 Å². The molecule has 150 valence electrons. The molecule has 0 fully saturated rings. The van der Waals surface area contributed by atoms with E-state index in [0.717, 1.165) is 41.9 Å². The van der Waals surface area contributed by atoms with Crippen LogP contribution < -0.4 is 16.0 Å². The minimum atomic E-state index is -0.109. The summed E-state index contributed by atoms with van der Waals surface area (Å²) in [7, 11) is 0. The monoisotopic (exact) mass is 381 g/mol. The number of para-hydroxylation sites is 1. The van der Waals surface area contributed by atoms with Gasteiger partial charge in [0.15, 0.2) is 0 Å². The van der Waals surface area contributed by atoms with Gasteiger partial charge < -0.3 is 16.0 Å². The number of unbranched alkanes of at least 4 members (excludes halogenated alkanes) is 2. The number of nitrogens with one attached hydrogen (secondary N) is 3. The molecule has 0 spiro atoms. The molecule has 5 heteroatoms. The van der Waals surface area contributed by atoms with E-state index in [1.807, 2.05) is 48.5 Å². The smallest absolute Gasteiger partial charge is 0.243 e. The SMILES string of the molecule is CCCCCC(=O)Nc1cccc(NCC(=O)Nc2ccccc2C(C)C)c1. The summed E-state index contributed by atoms with van der Waals surface area (Å²) in [5, 5.41) is 8.99. The lowest BCUT2D eigenvalue weighted by atomic mass is 10.0. The maximum atomic E-state index is 12.3.